The number of hydrogen-bond acceptors (Lipinski definition) is 5. The standard InChI is InChI=1S/C10H13N3O2/c11-5-2-1-3-9-12-10(13-15-9)8-4-6-14-7-8/h4,6-7H,1-3,5,11H2. The largest absolute Gasteiger partial charge is 0.472 e. The average molecular weight is 207 g/mol. The van der Waals surface area contributed by atoms with E-state index in [0.29, 0.717) is 18.3 Å². The monoisotopic (exact) mass is 207 g/mol. The topological polar surface area (TPSA) is 78.1 Å². The number of nitrogens with two attached hydrogens (primary N) is 1. The van der Waals surface area contributed by atoms with Crippen molar-refractivity contribution in [1.29, 1.82) is 0 Å². The fraction of sp³-hybridized carbons (Fsp3) is 0.400. The van der Waals surface area contributed by atoms with Crippen LogP contribution in [0, 0.1) is 0 Å². The molecule has 2 rings (SSSR count). The summed E-state index contributed by atoms with van der Waals surface area (Å²) in [5, 5.41) is 3.86. The molecule has 0 aliphatic rings. The summed E-state index contributed by atoms with van der Waals surface area (Å²) in [4.78, 5) is 4.25. The van der Waals surface area contributed by atoms with Crippen LogP contribution in [0.5, 0.6) is 0 Å². The second-order valence-corrected chi connectivity index (χ2v) is 3.27. The van der Waals surface area contributed by atoms with Crippen molar-refractivity contribution in [3.8, 4) is 11.4 Å². The first kappa shape index (κ1) is 9.92. The lowest BCUT2D eigenvalue weighted by Gasteiger charge is -1.91. The second kappa shape index (κ2) is 4.75. The van der Waals surface area contributed by atoms with E-state index in [1.165, 1.54) is 0 Å². The number of unbranched alkanes of at least 4 members (excludes halogenated alkanes) is 1. The van der Waals surface area contributed by atoms with Gasteiger partial charge in [0.15, 0.2) is 0 Å². The number of aryl methyl sites for hydroxylation is 1. The van der Waals surface area contributed by atoms with E-state index in [1.807, 2.05) is 0 Å². The van der Waals surface area contributed by atoms with Crippen LogP contribution in [-0.4, -0.2) is 16.7 Å². The molecular weight excluding hydrogens is 194 g/mol. The van der Waals surface area contributed by atoms with E-state index in [9.17, 15) is 0 Å². The van der Waals surface area contributed by atoms with Crippen molar-refractivity contribution in [2.75, 3.05) is 6.54 Å². The van der Waals surface area contributed by atoms with Gasteiger partial charge >= 0.3 is 0 Å². The minimum Gasteiger partial charge on any atom is -0.472 e. The smallest absolute Gasteiger partial charge is 0.226 e. The van der Waals surface area contributed by atoms with Crippen LogP contribution in [0.3, 0.4) is 0 Å². The predicted octanol–water partition coefficient (Wildman–Crippen LogP) is 1.61. The third-order valence-corrected chi connectivity index (χ3v) is 2.09. The van der Waals surface area contributed by atoms with Crippen molar-refractivity contribution in [1.82, 2.24) is 10.1 Å². The first-order chi connectivity index (χ1) is 7.40. The fourth-order valence-electron chi connectivity index (χ4n) is 1.29. The van der Waals surface area contributed by atoms with E-state index >= 15 is 0 Å². The van der Waals surface area contributed by atoms with Gasteiger partial charge in [-0.05, 0) is 25.5 Å². The Morgan fingerprint density at radius 1 is 1.33 bits per heavy atom. The van der Waals surface area contributed by atoms with Gasteiger partial charge in [-0.2, -0.15) is 4.98 Å². The molecule has 0 saturated heterocycles. The van der Waals surface area contributed by atoms with Crippen LogP contribution >= 0.6 is 0 Å². The Hall–Kier alpha value is -1.62. The molecule has 2 aromatic rings. The summed E-state index contributed by atoms with van der Waals surface area (Å²) in [6.07, 6.45) is 5.91. The highest BCUT2D eigenvalue weighted by Crippen LogP contribution is 2.16. The highest BCUT2D eigenvalue weighted by atomic mass is 16.5. The number of aromatic nitrogens is 2. The molecule has 0 bridgehead atoms. The molecule has 2 N–H and O–H groups in total. The summed E-state index contributed by atoms with van der Waals surface area (Å²) < 4.78 is 10.0. The van der Waals surface area contributed by atoms with Crippen molar-refractivity contribution in [2.24, 2.45) is 5.73 Å². The van der Waals surface area contributed by atoms with Crippen molar-refractivity contribution in [3.63, 3.8) is 0 Å². The molecule has 80 valence electrons. The highest BCUT2D eigenvalue weighted by Gasteiger charge is 2.08. The first-order valence-electron chi connectivity index (χ1n) is 4.95. The zero-order valence-electron chi connectivity index (χ0n) is 8.35. The molecule has 0 unspecified atom stereocenters. The van der Waals surface area contributed by atoms with Crippen LogP contribution in [0.2, 0.25) is 0 Å². The highest BCUT2D eigenvalue weighted by molar-refractivity contribution is 5.51. The maximum Gasteiger partial charge on any atom is 0.226 e. The molecule has 0 aliphatic heterocycles. The molecule has 0 spiro atoms. The van der Waals surface area contributed by atoms with Crippen molar-refractivity contribution < 1.29 is 8.94 Å². The Kier molecular flexibility index (Phi) is 3.14. The Balaban J connectivity index is 1.98. The molecule has 0 amide bonds. The zero-order valence-corrected chi connectivity index (χ0v) is 8.35. The molecule has 0 radical (unpaired) electrons. The lowest BCUT2D eigenvalue weighted by molar-refractivity contribution is 0.375. The average Bonchev–Trinajstić information content (AvgIpc) is 2.87. The fourth-order valence-corrected chi connectivity index (χ4v) is 1.29. The molecule has 5 heteroatoms. The van der Waals surface area contributed by atoms with Crippen LogP contribution in [0.4, 0.5) is 0 Å². The van der Waals surface area contributed by atoms with Gasteiger partial charge in [0, 0.05) is 6.42 Å². The maximum absolute atomic E-state index is 5.40. The molecular formula is C10H13N3O2. The van der Waals surface area contributed by atoms with Gasteiger partial charge in [-0.3, -0.25) is 0 Å². The molecule has 0 aliphatic carbocycles. The summed E-state index contributed by atoms with van der Waals surface area (Å²) in [7, 11) is 0. The minimum absolute atomic E-state index is 0.575. The minimum atomic E-state index is 0.575. The molecule has 0 saturated carbocycles. The van der Waals surface area contributed by atoms with E-state index in [0.717, 1.165) is 24.8 Å². The number of rotatable bonds is 5. The van der Waals surface area contributed by atoms with Gasteiger partial charge in [-0.1, -0.05) is 5.16 Å². The Labute approximate surface area is 87.3 Å². The van der Waals surface area contributed by atoms with Crippen molar-refractivity contribution in [2.45, 2.75) is 19.3 Å². The zero-order chi connectivity index (χ0) is 10.5. The molecule has 0 atom stereocenters. The summed E-state index contributed by atoms with van der Waals surface area (Å²) >= 11 is 0. The van der Waals surface area contributed by atoms with Gasteiger partial charge in [-0.15, -0.1) is 0 Å². The first-order valence-corrected chi connectivity index (χ1v) is 4.95. The number of hydrogen-bond donors (Lipinski definition) is 1. The molecule has 2 heterocycles. The number of furan rings is 1. The normalized spacial score (nSPS) is 10.7. The Morgan fingerprint density at radius 2 is 2.27 bits per heavy atom. The van der Waals surface area contributed by atoms with Gasteiger partial charge in [0.1, 0.15) is 6.26 Å². The second-order valence-electron chi connectivity index (χ2n) is 3.27. The van der Waals surface area contributed by atoms with E-state index in [-0.39, 0.29) is 0 Å². The SMILES string of the molecule is NCCCCc1nc(-c2ccoc2)no1. The van der Waals surface area contributed by atoms with Crippen LogP contribution in [0.1, 0.15) is 18.7 Å². The van der Waals surface area contributed by atoms with E-state index < -0.39 is 0 Å². The predicted molar refractivity (Wildman–Crippen MR) is 54.0 cm³/mol. The lowest BCUT2D eigenvalue weighted by Crippen LogP contribution is -1.99. The van der Waals surface area contributed by atoms with E-state index in [2.05, 4.69) is 10.1 Å². The van der Waals surface area contributed by atoms with Gasteiger partial charge in [0.25, 0.3) is 0 Å². The Bertz CT molecular complexity index is 394. The number of nitrogens with zero attached hydrogens (tertiary/aromatic N) is 2. The molecule has 0 fully saturated rings. The van der Waals surface area contributed by atoms with Crippen molar-refractivity contribution in [3.05, 3.63) is 24.5 Å². The lowest BCUT2D eigenvalue weighted by atomic mass is 10.2. The van der Waals surface area contributed by atoms with Crippen LogP contribution in [0.15, 0.2) is 27.5 Å². The van der Waals surface area contributed by atoms with E-state index in [1.54, 1.807) is 18.6 Å². The molecule has 0 aromatic carbocycles. The van der Waals surface area contributed by atoms with Gasteiger partial charge in [0.05, 0.1) is 11.8 Å². The van der Waals surface area contributed by atoms with Crippen LogP contribution in [-0.2, 0) is 6.42 Å². The summed E-state index contributed by atoms with van der Waals surface area (Å²) in [5.74, 6) is 1.23. The van der Waals surface area contributed by atoms with Crippen LogP contribution in [0.25, 0.3) is 11.4 Å². The summed E-state index contributed by atoms with van der Waals surface area (Å²) in [5.41, 5.74) is 6.23. The van der Waals surface area contributed by atoms with Gasteiger partial charge < -0.3 is 14.7 Å². The maximum atomic E-state index is 5.40. The van der Waals surface area contributed by atoms with Crippen molar-refractivity contribution >= 4 is 0 Å². The third-order valence-electron chi connectivity index (χ3n) is 2.09. The van der Waals surface area contributed by atoms with Gasteiger partial charge in [-0.25, -0.2) is 0 Å². The van der Waals surface area contributed by atoms with E-state index in [4.69, 9.17) is 14.7 Å². The molecule has 2 aromatic heterocycles. The van der Waals surface area contributed by atoms with Gasteiger partial charge in [0.2, 0.25) is 11.7 Å². The summed E-state index contributed by atoms with van der Waals surface area (Å²) in [6, 6.07) is 1.80. The summed E-state index contributed by atoms with van der Waals surface area (Å²) in [6.45, 7) is 0.697. The molecule has 15 heavy (non-hydrogen) atoms. The molecule has 5 nitrogen and oxygen atoms in total. The van der Waals surface area contributed by atoms with Crippen LogP contribution < -0.4 is 5.73 Å². The third kappa shape index (κ3) is 2.44. The Morgan fingerprint density at radius 3 is 3.00 bits per heavy atom. The quantitative estimate of drug-likeness (QED) is 0.753.